The van der Waals surface area contributed by atoms with Crippen LogP contribution in [0.25, 0.3) is 5.65 Å². The highest BCUT2D eigenvalue weighted by atomic mass is 16.5. The predicted molar refractivity (Wildman–Crippen MR) is 109 cm³/mol. The van der Waals surface area contributed by atoms with Crippen molar-refractivity contribution in [1.29, 1.82) is 0 Å². The van der Waals surface area contributed by atoms with Gasteiger partial charge in [-0.3, -0.25) is 4.90 Å². The molecular weight excluding hydrogens is 356 g/mol. The van der Waals surface area contributed by atoms with E-state index in [1.165, 1.54) is 32.1 Å². The van der Waals surface area contributed by atoms with Crippen LogP contribution < -0.4 is 11.0 Å². The smallest absolute Gasteiger partial charge is 0.347 e. The van der Waals surface area contributed by atoms with E-state index in [2.05, 4.69) is 41.2 Å². The van der Waals surface area contributed by atoms with Crippen LogP contribution in [0, 0.1) is 0 Å². The van der Waals surface area contributed by atoms with Crippen molar-refractivity contribution < 1.29 is 4.74 Å². The number of fused-ring (bicyclic) bond motifs is 1. The second kappa shape index (κ2) is 7.48. The summed E-state index contributed by atoms with van der Waals surface area (Å²) >= 11 is 0. The maximum atomic E-state index is 12.2. The van der Waals surface area contributed by atoms with Crippen molar-refractivity contribution in [2.75, 3.05) is 38.2 Å². The van der Waals surface area contributed by atoms with Crippen molar-refractivity contribution in [1.82, 2.24) is 24.5 Å². The largest absolute Gasteiger partial charge is 0.379 e. The first-order valence-corrected chi connectivity index (χ1v) is 10.4. The van der Waals surface area contributed by atoms with Gasteiger partial charge >= 0.3 is 5.69 Å². The van der Waals surface area contributed by atoms with Gasteiger partial charge in [0.1, 0.15) is 0 Å². The van der Waals surface area contributed by atoms with Crippen molar-refractivity contribution in [3.63, 3.8) is 0 Å². The molecule has 0 unspecified atom stereocenters. The number of nitrogens with one attached hydrogen (secondary N) is 2. The van der Waals surface area contributed by atoms with Crippen LogP contribution in [0.4, 0.5) is 5.82 Å². The lowest BCUT2D eigenvalue weighted by molar-refractivity contribution is -0.0318. The van der Waals surface area contributed by atoms with Gasteiger partial charge in [0.25, 0.3) is 0 Å². The first-order valence-electron chi connectivity index (χ1n) is 10.4. The third kappa shape index (κ3) is 3.67. The van der Waals surface area contributed by atoms with Gasteiger partial charge in [-0.2, -0.15) is 0 Å². The van der Waals surface area contributed by atoms with Gasteiger partial charge in [0.15, 0.2) is 5.82 Å². The van der Waals surface area contributed by atoms with E-state index in [1.807, 2.05) is 0 Å². The zero-order valence-electron chi connectivity index (χ0n) is 17.3. The lowest BCUT2D eigenvalue weighted by atomic mass is 9.79. The molecule has 0 amide bonds. The minimum Gasteiger partial charge on any atom is -0.379 e. The molecule has 0 bridgehead atoms. The molecule has 28 heavy (non-hydrogen) atoms. The maximum absolute atomic E-state index is 12.2. The Kier molecular flexibility index (Phi) is 5.18. The summed E-state index contributed by atoms with van der Waals surface area (Å²) in [5, 5.41) is 10.3. The van der Waals surface area contributed by atoms with Gasteiger partial charge in [0.2, 0.25) is 5.65 Å². The molecule has 8 nitrogen and oxygen atoms in total. The summed E-state index contributed by atoms with van der Waals surface area (Å²) < 4.78 is 7.15. The van der Waals surface area contributed by atoms with Gasteiger partial charge in [-0.25, -0.2) is 19.3 Å². The average Bonchev–Trinajstić information content (AvgIpc) is 3.08. The number of hydrogen-bond acceptors (Lipinski definition) is 6. The second-order valence-corrected chi connectivity index (χ2v) is 9.19. The third-order valence-electron chi connectivity index (χ3n) is 6.22. The molecule has 1 saturated carbocycles. The molecule has 2 fully saturated rings. The van der Waals surface area contributed by atoms with E-state index >= 15 is 0 Å². The number of hydrogen-bond donors (Lipinski definition) is 2. The van der Waals surface area contributed by atoms with Crippen LogP contribution in [0.1, 0.15) is 58.6 Å². The summed E-state index contributed by atoms with van der Waals surface area (Å²) in [6, 6.07) is 0. The van der Waals surface area contributed by atoms with Crippen LogP contribution in [0.2, 0.25) is 0 Å². The van der Waals surface area contributed by atoms with Crippen LogP contribution in [-0.4, -0.2) is 62.9 Å². The van der Waals surface area contributed by atoms with Gasteiger partial charge in [-0.05, 0) is 12.8 Å². The number of ether oxygens (including phenoxy) is 1. The lowest BCUT2D eigenvalue weighted by Gasteiger charge is -2.48. The zero-order chi connectivity index (χ0) is 19.8. The molecule has 4 rings (SSSR count). The van der Waals surface area contributed by atoms with Gasteiger partial charge in [-0.15, -0.1) is 5.10 Å². The highest BCUT2D eigenvalue weighted by Gasteiger charge is 2.38. The zero-order valence-corrected chi connectivity index (χ0v) is 17.3. The molecule has 1 aliphatic carbocycles. The molecule has 2 aliphatic rings. The van der Waals surface area contributed by atoms with Crippen molar-refractivity contribution in [3.05, 3.63) is 22.4 Å². The number of anilines is 1. The van der Waals surface area contributed by atoms with Crippen molar-refractivity contribution in [3.8, 4) is 0 Å². The third-order valence-corrected chi connectivity index (χ3v) is 6.22. The summed E-state index contributed by atoms with van der Waals surface area (Å²) in [5.74, 6) is 0.684. The Balaban J connectivity index is 1.65. The first kappa shape index (κ1) is 19.4. The fourth-order valence-electron chi connectivity index (χ4n) is 4.49. The van der Waals surface area contributed by atoms with Gasteiger partial charge in [-0.1, -0.05) is 40.0 Å². The monoisotopic (exact) mass is 388 g/mol. The Morgan fingerprint density at radius 2 is 1.93 bits per heavy atom. The lowest BCUT2D eigenvalue weighted by Crippen LogP contribution is -2.58. The van der Waals surface area contributed by atoms with Crippen molar-refractivity contribution >= 4 is 11.5 Å². The van der Waals surface area contributed by atoms with Crippen LogP contribution >= 0.6 is 0 Å². The number of aromatic nitrogens is 4. The number of rotatable bonds is 4. The Morgan fingerprint density at radius 3 is 2.61 bits per heavy atom. The topological polar surface area (TPSA) is 87.5 Å². The Hall–Kier alpha value is -1.93. The van der Waals surface area contributed by atoms with Crippen LogP contribution in [0.3, 0.4) is 0 Å². The molecule has 2 aromatic rings. The molecule has 0 radical (unpaired) electrons. The summed E-state index contributed by atoms with van der Waals surface area (Å²) in [4.78, 5) is 19.6. The first-order chi connectivity index (χ1) is 13.4. The molecule has 0 atom stereocenters. The Bertz CT molecular complexity index is 869. The molecule has 1 saturated heterocycles. The molecule has 3 heterocycles. The minimum absolute atomic E-state index is 0.120. The Labute approximate surface area is 165 Å². The van der Waals surface area contributed by atoms with Crippen LogP contribution in [-0.2, 0) is 10.2 Å². The van der Waals surface area contributed by atoms with Crippen molar-refractivity contribution in [2.45, 2.75) is 63.8 Å². The number of aromatic amines is 1. The minimum atomic E-state index is -0.230. The van der Waals surface area contributed by atoms with E-state index in [0.717, 1.165) is 38.5 Å². The van der Waals surface area contributed by atoms with Gasteiger partial charge in [0, 0.05) is 36.8 Å². The van der Waals surface area contributed by atoms with E-state index in [-0.39, 0.29) is 16.6 Å². The molecule has 0 aromatic carbocycles. The summed E-state index contributed by atoms with van der Waals surface area (Å²) in [6.45, 7) is 10.7. The van der Waals surface area contributed by atoms with Gasteiger partial charge in [0.05, 0.1) is 18.9 Å². The number of H-pyrrole nitrogens is 1. The highest BCUT2D eigenvalue weighted by molar-refractivity contribution is 5.62. The number of morpholine rings is 1. The fraction of sp³-hybridized carbons (Fsp3) is 0.750. The van der Waals surface area contributed by atoms with E-state index in [0.29, 0.717) is 11.5 Å². The SMILES string of the molecule is CC(C)(C)c1cn2c(=O)[nH]nc2c(NCC2(N3CCOCC3)CCCCC2)n1. The van der Waals surface area contributed by atoms with E-state index in [4.69, 9.17) is 9.72 Å². The number of nitrogens with zero attached hydrogens (tertiary/aromatic N) is 4. The standard InChI is InChI=1S/C20H32N6O2/c1-19(2,3)15-13-26-17(23-24-18(26)27)16(22-15)21-14-20(7-5-4-6-8-20)25-9-11-28-12-10-25/h13H,4-12,14H2,1-3H3,(H,21,22)(H,24,27). The maximum Gasteiger partial charge on any atom is 0.347 e. The molecule has 2 N–H and O–H groups in total. The summed E-state index contributed by atoms with van der Waals surface area (Å²) in [7, 11) is 0. The summed E-state index contributed by atoms with van der Waals surface area (Å²) in [6.07, 6.45) is 7.98. The predicted octanol–water partition coefficient (Wildman–Crippen LogP) is 2.16. The van der Waals surface area contributed by atoms with E-state index in [9.17, 15) is 4.79 Å². The average molecular weight is 389 g/mol. The summed E-state index contributed by atoms with van der Waals surface area (Å²) in [5.41, 5.74) is 1.16. The molecule has 2 aromatic heterocycles. The normalized spacial score (nSPS) is 21.1. The van der Waals surface area contributed by atoms with Crippen LogP contribution in [0.15, 0.2) is 11.0 Å². The van der Waals surface area contributed by atoms with E-state index in [1.54, 1.807) is 10.6 Å². The quantitative estimate of drug-likeness (QED) is 0.835. The second-order valence-electron chi connectivity index (χ2n) is 9.19. The molecule has 1 aliphatic heterocycles. The van der Waals surface area contributed by atoms with E-state index < -0.39 is 0 Å². The van der Waals surface area contributed by atoms with Gasteiger partial charge < -0.3 is 10.1 Å². The van der Waals surface area contributed by atoms with Crippen molar-refractivity contribution in [2.24, 2.45) is 0 Å². The molecule has 0 spiro atoms. The molecular formula is C20H32N6O2. The van der Waals surface area contributed by atoms with Crippen LogP contribution in [0.5, 0.6) is 0 Å². The highest BCUT2D eigenvalue weighted by Crippen LogP contribution is 2.35. The molecule has 154 valence electrons. The molecule has 8 heteroatoms. The Morgan fingerprint density at radius 1 is 1.21 bits per heavy atom. The fourth-order valence-corrected chi connectivity index (χ4v) is 4.49.